The van der Waals surface area contributed by atoms with Crippen LogP contribution >= 0.6 is 0 Å². The third-order valence-electron chi connectivity index (χ3n) is 6.10. The molecule has 6 rings (SSSR count). The summed E-state index contributed by atoms with van der Waals surface area (Å²) < 4.78 is 21.7. The Balaban J connectivity index is 0.000000179. The van der Waals surface area contributed by atoms with Crippen LogP contribution in [0.2, 0.25) is 0 Å². The van der Waals surface area contributed by atoms with E-state index in [0.717, 1.165) is 22.5 Å². The van der Waals surface area contributed by atoms with Crippen LogP contribution in [0.5, 0.6) is 0 Å². The van der Waals surface area contributed by atoms with Crippen LogP contribution in [0, 0.1) is 19.1 Å². The van der Waals surface area contributed by atoms with Gasteiger partial charge in [-0.05, 0) is 46.7 Å². The van der Waals surface area contributed by atoms with Crippen molar-refractivity contribution in [3.63, 3.8) is 0 Å². The first-order valence-corrected chi connectivity index (χ1v) is 11.1. The summed E-state index contributed by atoms with van der Waals surface area (Å²) in [6, 6.07) is 28.5. The number of nitrogens with zero attached hydrogens (tertiary/aromatic N) is 3. The minimum Gasteiger partial charge on any atom is -0.360 e. The molecule has 0 aliphatic heterocycles. The molecule has 0 N–H and O–H groups in total. The summed E-state index contributed by atoms with van der Waals surface area (Å²) in [5, 5.41) is 0. The predicted molar refractivity (Wildman–Crippen MR) is 137 cm³/mol. The Morgan fingerprint density at radius 1 is 0.771 bits per heavy atom. The van der Waals surface area contributed by atoms with Gasteiger partial charge in [-0.3, -0.25) is 0 Å². The minimum atomic E-state index is -2.09. The second-order valence-electron chi connectivity index (χ2n) is 8.66. The van der Waals surface area contributed by atoms with E-state index in [1.807, 2.05) is 36.5 Å². The maximum atomic E-state index is 7.23. The third-order valence-corrected chi connectivity index (χ3v) is 6.10. The van der Waals surface area contributed by atoms with Crippen LogP contribution < -0.4 is 0 Å². The minimum absolute atomic E-state index is 0. The molecule has 0 unspecified atom stereocenters. The van der Waals surface area contributed by atoms with Crippen molar-refractivity contribution < 1.29 is 24.2 Å². The van der Waals surface area contributed by atoms with Gasteiger partial charge in [-0.2, -0.15) is 0 Å². The van der Waals surface area contributed by atoms with Gasteiger partial charge in [0.25, 0.3) is 0 Å². The van der Waals surface area contributed by atoms with Crippen molar-refractivity contribution in [2.75, 3.05) is 0 Å². The zero-order valence-corrected chi connectivity index (χ0v) is 21.8. The van der Waals surface area contributed by atoms with E-state index in [0.29, 0.717) is 0 Å². The number of aryl methyl sites for hydroxylation is 1. The average Bonchev–Trinajstić information content (AvgIpc) is 3.16. The summed E-state index contributed by atoms with van der Waals surface area (Å²) in [5.74, 6) is 0. The molecule has 0 spiro atoms. The summed E-state index contributed by atoms with van der Waals surface area (Å²) in [6.45, 7) is 2.45. The van der Waals surface area contributed by atoms with Gasteiger partial charge in [0.1, 0.15) is 0 Å². The van der Waals surface area contributed by atoms with Gasteiger partial charge in [0.15, 0.2) is 0 Å². The largest absolute Gasteiger partial charge is 0.360 e. The van der Waals surface area contributed by atoms with Gasteiger partial charge in [-0.15, -0.1) is 53.6 Å². The molecule has 175 valence electrons. The van der Waals surface area contributed by atoms with Crippen LogP contribution in [0.1, 0.15) is 34.7 Å². The molecule has 1 aliphatic carbocycles. The molecule has 0 saturated heterocycles. The molecule has 0 atom stereocenters. The summed E-state index contributed by atoms with van der Waals surface area (Å²) in [4.78, 5) is 12.8. The Morgan fingerprint density at radius 2 is 1.57 bits per heavy atom. The number of rotatable bonds is 2. The van der Waals surface area contributed by atoms with Crippen molar-refractivity contribution in [2.24, 2.45) is 0 Å². The van der Waals surface area contributed by atoms with E-state index in [9.17, 15) is 0 Å². The maximum absolute atomic E-state index is 7.23. The molecule has 3 nitrogen and oxygen atoms in total. The summed E-state index contributed by atoms with van der Waals surface area (Å²) in [7, 11) is 0. The van der Waals surface area contributed by atoms with Crippen LogP contribution in [-0.2, 0) is 25.5 Å². The van der Waals surface area contributed by atoms with Gasteiger partial charge in [0.2, 0.25) is 0 Å². The smallest absolute Gasteiger partial charge is 0.0280 e. The maximum Gasteiger partial charge on any atom is 0.0280 e. The van der Waals surface area contributed by atoms with E-state index >= 15 is 0 Å². The second kappa shape index (κ2) is 10.4. The predicted octanol–water partition coefficient (Wildman–Crippen LogP) is 7.10. The Kier molecular flexibility index (Phi) is 6.22. The SMILES string of the molecule is CC1(C)c2ccccc2-c2cnc(-c3[c-]nccc3)cc21.[2H]C([2H])([2H])c1ccc(-c2[c-]cccc2)nc1.[Ir]. The van der Waals surface area contributed by atoms with E-state index in [1.165, 1.54) is 28.5 Å². The first-order chi connectivity index (χ1) is 17.7. The molecule has 0 fully saturated rings. The fraction of sp³-hybridized carbons (Fsp3) is 0.129. The van der Waals surface area contributed by atoms with Crippen molar-refractivity contribution >= 4 is 0 Å². The Bertz CT molecular complexity index is 1520. The van der Waals surface area contributed by atoms with Crippen LogP contribution in [0.4, 0.5) is 0 Å². The monoisotopic (exact) mass is 635 g/mol. The third kappa shape index (κ3) is 5.00. The molecule has 4 heteroatoms. The van der Waals surface area contributed by atoms with Crippen molar-refractivity contribution in [1.82, 2.24) is 15.0 Å². The van der Waals surface area contributed by atoms with Gasteiger partial charge in [0, 0.05) is 47.6 Å². The van der Waals surface area contributed by atoms with Gasteiger partial charge in [0.05, 0.1) is 0 Å². The quantitative estimate of drug-likeness (QED) is 0.195. The molecule has 1 radical (unpaired) electrons. The Labute approximate surface area is 224 Å². The molecule has 1 aliphatic rings. The molecular weight excluding hydrogens is 607 g/mol. The van der Waals surface area contributed by atoms with Crippen molar-refractivity contribution in [2.45, 2.75) is 26.1 Å². The second-order valence-corrected chi connectivity index (χ2v) is 8.66. The summed E-state index contributed by atoms with van der Waals surface area (Å²) in [5.41, 5.74) is 8.96. The average molecular weight is 635 g/mol. The zero-order chi connectivity index (χ0) is 26.0. The number of benzene rings is 2. The number of pyridine rings is 3. The summed E-state index contributed by atoms with van der Waals surface area (Å²) in [6.07, 6.45) is 8.12. The molecule has 3 aromatic heterocycles. The molecule has 35 heavy (non-hydrogen) atoms. The van der Waals surface area contributed by atoms with Crippen molar-refractivity contribution in [3.05, 3.63) is 126 Å². The van der Waals surface area contributed by atoms with Crippen LogP contribution in [0.15, 0.2) is 97.5 Å². The molecule has 5 aromatic rings. The van der Waals surface area contributed by atoms with E-state index < -0.39 is 6.85 Å². The molecule has 2 aromatic carbocycles. The molecule has 0 saturated carbocycles. The van der Waals surface area contributed by atoms with Gasteiger partial charge >= 0.3 is 0 Å². The molecule has 0 amide bonds. The fourth-order valence-corrected chi connectivity index (χ4v) is 4.32. The number of hydrogen-bond acceptors (Lipinski definition) is 3. The normalized spacial score (nSPS) is 14.1. The first kappa shape index (κ1) is 20.9. The fourth-order valence-electron chi connectivity index (χ4n) is 4.32. The van der Waals surface area contributed by atoms with Crippen LogP contribution in [0.25, 0.3) is 33.6 Å². The van der Waals surface area contributed by atoms with Crippen molar-refractivity contribution in [1.29, 1.82) is 0 Å². The molecule has 0 bridgehead atoms. The van der Waals surface area contributed by atoms with Gasteiger partial charge in [-0.25, -0.2) is 0 Å². The van der Waals surface area contributed by atoms with E-state index in [-0.39, 0.29) is 31.1 Å². The van der Waals surface area contributed by atoms with Gasteiger partial charge in [-0.1, -0.05) is 62.5 Å². The topological polar surface area (TPSA) is 38.7 Å². The number of fused-ring (bicyclic) bond motifs is 3. The standard InChI is InChI=1S/C19H15N2.C12H10N.Ir/c1-19(2)16-8-4-3-7-14(16)15-12-21-18(10-17(15)19)13-6-5-9-20-11-13;1-10-7-8-12(13-9-10)11-5-3-2-4-6-11;/h3-10,12H,1-2H3;2-5,7-9H,1H3;/q2*-1;/i;1D3;. The number of aromatic nitrogens is 3. The zero-order valence-electron chi connectivity index (χ0n) is 22.4. The van der Waals surface area contributed by atoms with E-state index in [4.69, 9.17) is 4.11 Å². The molecular formula is C31H25IrN3-2. The van der Waals surface area contributed by atoms with Crippen molar-refractivity contribution in [3.8, 4) is 33.6 Å². The number of hydrogen-bond donors (Lipinski definition) is 0. The Hall–Kier alpha value is -3.46. The van der Waals surface area contributed by atoms with E-state index in [2.05, 4.69) is 71.4 Å². The van der Waals surface area contributed by atoms with Crippen LogP contribution in [-0.4, -0.2) is 15.0 Å². The summed E-state index contributed by atoms with van der Waals surface area (Å²) >= 11 is 0. The van der Waals surface area contributed by atoms with E-state index in [1.54, 1.807) is 24.4 Å². The first-order valence-electron chi connectivity index (χ1n) is 12.6. The molecule has 3 heterocycles. The van der Waals surface area contributed by atoms with Gasteiger partial charge < -0.3 is 15.0 Å². The Morgan fingerprint density at radius 3 is 2.29 bits per heavy atom. The van der Waals surface area contributed by atoms with Crippen LogP contribution in [0.3, 0.4) is 0 Å².